The van der Waals surface area contributed by atoms with E-state index < -0.39 is 16.2 Å². The van der Waals surface area contributed by atoms with E-state index in [0.29, 0.717) is 4.88 Å². The molecule has 2 N–H and O–H groups in total. The molecule has 0 atom stereocenters. The Morgan fingerprint density at radius 1 is 1.59 bits per heavy atom. The molecular formula is C8H11N3O4S2. The lowest BCUT2D eigenvalue weighted by Crippen LogP contribution is -2.28. The number of anilines is 1. The second kappa shape index (κ2) is 5.25. The van der Waals surface area contributed by atoms with E-state index in [-0.39, 0.29) is 5.13 Å². The molecule has 0 unspecified atom stereocenters. The van der Waals surface area contributed by atoms with Gasteiger partial charge in [-0.25, -0.2) is 14.5 Å². The summed E-state index contributed by atoms with van der Waals surface area (Å²) < 4.78 is 26.2. The molecule has 1 aromatic rings. The maximum atomic E-state index is 11.4. The van der Waals surface area contributed by atoms with E-state index in [9.17, 15) is 13.2 Å². The van der Waals surface area contributed by atoms with Crippen molar-refractivity contribution < 1.29 is 18.3 Å². The fourth-order valence-electron chi connectivity index (χ4n) is 0.766. The maximum absolute atomic E-state index is 11.4. The zero-order valence-electron chi connectivity index (χ0n) is 9.11. The van der Waals surface area contributed by atoms with Crippen molar-refractivity contribution in [1.82, 2.24) is 9.29 Å². The predicted molar refractivity (Wildman–Crippen MR) is 65.0 cm³/mol. The third-order valence-corrected chi connectivity index (χ3v) is 4.03. The Morgan fingerprint density at radius 2 is 2.24 bits per heavy atom. The molecule has 0 aliphatic rings. The van der Waals surface area contributed by atoms with Crippen LogP contribution < -0.4 is 4.72 Å². The van der Waals surface area contributed by atoms with Crippen LogP contribution in [-0.4, -0.2) is 42.9 Å². The van der Waals surface area contributed by atoms with Crippen molar-refractivity contribution in [2.75, 3.05) is 18.8 Å². The summed E-state index contributed by atoms with van der Waals surface area (Å²) in [6, 6.07) is 0. The summed E-state index contributed by atoms with van der Waals surface area (Å²) in [5.41, 5.74) is 0. The lowest BCUT2D eigenvalue weighted by molar-refractivity contribution is -0.131. The first-order valence-corrected chi connectivity index (χ1v) is 6.64. The molecule has 94 valence electrons. The third-order valence-electron chi connectivity index (χ3n) is 1.61. The third kappa shape index (κ3) is 4.13. The van der Waals surface area contributed by atoms with Gasteiger partial charge in [-0.3, -0.25) is 0 Å². The molecular weight excluding hydrogens is 266 g/mol. The summed E-state index contributed by atoms with van der Waals surface area (Å²) in [6.45, 7) is 0. The first kappa shape index (κ1) is 13.6. The Balaban J connectivity index is 2.80. The van der Waals surface area contributed by atoms with Crippen LogP contribution in [0.25, 0.3) is 6.08 Å². The summed E-state index contributed by atoms with van der Waals surface area (Å²) >= 11 is 1.04. The van der Waals surface area contributed by atoms with Gasteiger partial charge in [0.05, 0.1) is 0 Å². The van der Waals surface area contributed by atoms with Crippen molar-refractivity contribution in [3.63, 3.8) is 0 Å². The van der Waals surface area contributed by atoms with Gasteiger partial charge in [0.1, 0.15) is 0 Å². The molecule has 9 heteroatoms. The number of carbonyl (C=O) groups is 1. The molecule has 1 rings (SSSR count). The number of rotatable bonds is 5. The molecule has 17 heavy (non-hydrogen) atoms. The van der Waals surface area contributed by atoms with E-state index in [0.717, 1.165) is 21.7 Å². The van der Waals surface area contributed by atoms with Gasteiger partial charge in [0.15, 0.2) is 5.13 Å². The Hall–Kier alpha value is -1.45. The van der Waals surface area contributed by atoms with Crippen LogP contribution in [0.2, 0.25) is 0 Å². The van der Waals surface area contributed by atoms with Gasteiger partial charge in [-0.2, -0.15) is 12.7 Å². The highest BCUT2D eigenvalue weighted by Crippen LogP contribution is 2.20. The van der Waals surface area contributed by atoms with Crippen LogP contribution in [0.4, 0.5) is 5.13 Å². The van der Waals surface area contributed by atoms with Crippen molar-refractivity contribution in [2.24, 2.45) is 0 Å². The second-order valence-electron chi connectivity index (χ2n) is 3.13. The number of carboxylic acids is 1. The molecule has 0 fully saturated rings. The number of carboxylic acid groups (broad SMARTS) is 1. The molecule has 0 aliphatic carbocycles. The second-order valence-corrected chi connectivity index (χ2v) is 6.08. The highest BCUT2D eigenvalue weighted by atomic mass is 32.2. The van der Waals surface area contributed by atoms with E-state index in [1.807, 2.05) is 0 Å². The zero-order chi connectivity index (χ0) is 13.1. The maximum Gasteiger partial charge on any atom is 0.328 e. The average molecular weight is 277 g/mol. The van der Waals surface area contributed by atoms with Gasteiger partial charge in [-0.05, 0) is 6.08 Å². The topological polar surface area (TPSA) is 99.6 Å². The monoisotopic (exact) mass is 277 g/mol. The number of nitrogens with one attached hydrogen (secondary N) is 1. The van der Waals surface area contributed by atoms with E-state index >= 15 is 0 Å². The molecule has 0 spiro atoms. The van der Waals surface area contributed by atoms with Crippen molar-refractivity contribution in [1.29, 1.82) is 0 Å². The lowest BCUT2D eigenvalue weighted by Gasteiger charge is -2.10. The molecule has 1 aromatic heterocycles. The highest BCUT2D eigenvalue weighted by Gasteiger charge is 2.14. The van der Waals surface area contributed by atoms with E-state index in [2.05, 4.69) is 9.71 Å². The van der Waals surface area contributed by atoms with Crippen molar-refractivity contribution in [3.8, 4) is 0 Å². The largest absolute Gasteiger partial charge is 0.478 e. The minimum absolute atomic E-state index is 0.184. The molecule has 0 aliphatic heterocycles. The highest BCUT2D eigenvalue weighted by molar-refractivity contribution is 7.90. The van der Waals surface area contributed by atoms with Crippen molar-refractivity contribution in [2.45, 2.75) is 0 Å². The standard InChI is InChI=1S/C8H11N3O4S2/c1-11(2)17(14,15)10-8-9-5-6(16-8)3-4-7(12)13/h3-5H,1-2H3,(H,9,10)(H,12,13). The number of aromatic nitrogens is 1. The van der Waals surface area contributed by atoms with Gasteiger partial charge >= 0.3 is 16.2 Å². The van der Waals surface area contributed by atoms with Gasteiger partial charge in [-0.1, -0.05) is 11.3 Å². The van der Waals surface area contributed by atoms with Gasteiger partial charge < -0.3 is 5.11 Å². The SMILES string of the molecule is CN(C)S(=O)(=O)Nc1ncc(C=CC(=O)O)s1. The van der Waals surface area contributed by atoms with E-state index in [1.54, 1.807) is 0 Å². The molecule has 1 heterocycles. The smallest absolute Gasteiger partial charge is 0.328 e. The van der Waals surface area contributed by atoms with Gasteiger partial charge in [0, 0.05) is 31.2 Å². The summed E-state index contributed by atoms with van der Waals surface area (Å²) in [5.74, 6) is -1.08. The molecule has 0 saturated heterocycles. The number of hydrogen-bond acceptors (Lipinski definition) is 5. The first-order chi connectivity index (χ1) is 7.81. The quantitative estimate of drug-likeness (QED) is 0.762. The fraction of sp³-hybridized carbons (Fsp3) is 0.250. The van der Waals surface area contributed by atoms with Gasteiger partial charge in [-0.15, -0.1) is 0 Å². The van der Waals surface area contributed by atoms with Crippen LogP contribution in [0.15, 0.2) is 12.3 Å². The number of thiazole rings is 1. The molecule has 0 aromatic carbocycles. The van der Waals surface area contributed by atoms with Crippen molar-refractivity contribution >= 4 is 38.7 Å². The molecule has 0 bridgehead atoms. The Bertz CT molecular complexity index is 533. The molecule has 0 amide bonds. The molecule has 0 saturated carbocycles. The summed E-state index contributed by atoms with van der Waals surface area (Å²) in [6.07, 6.45) is 3.68. The first-order valence-electron chi connectivity index (χ1n) is 4.38. The summed E-state index contributed by atoms with van der Waals surface area (Å²) in [4.78, 5) is 14.6. The Labute approximate surface area is 103 Å². The number of nitrogens with zero attached hydrogens (tertiary/aromatic N) is 2. The summed E-state index contributed by atoms with van der Waals surface area (Å²) in [5, 5.41) is 8.60. The Morgan fingerprint density at radius 3 is 2.76 bits per heavy atom. The van der Waals surface area contributed by atoms with Crippen LogP contribution in [0.3, 0.4) is 0 Å². The minimum Gasteiger partial charge on any atom is -0.478 e. The zero-order valence-corrected chi connectivity index (χ0v) is 10.7. The Kier molecular flexibility index (Phi) is 4.21. The van der Waals surface area contributed by atoms with Crippen LogP contribution in [-0.2, 0) is 15.0 Å². The molecule has 7 nitrogen and oxygen atoms in total. The van der Waals surface area contributed by atoms with Crippen LogP contribution in [0.1, 0.15) is 4.88 Å². The summed E-state index contributed by atoms with van der Waals surface area (Å²) in [7, 11) is -0.798. The van der Waals surface area contributed by atoms with Gasteiger partial charge in [0.2, 0.25) is 0 Å². The van der Waals surface area contributed by atoms with E-state index in [4.69, 9.17) is 5.11 Å². The minimum atomic E-state index is -3.58. The number of aliphatic carboxylic acids is 1. The predicted octanol–water partition coefficient (Wildman–Crippen LogP) is 0.459. The number of hydrogen-bond donors (Lipinski definition) is 2. The fourth-order valence-corrected chi connectivity index (χ4v) is 2.27. The average Bonchev–Trinajstić information content (AvgIpc) is 2.61. The molecule has 0 radical (unpaired) electrons. The normalized spacial score (nSPS) is 12.2. The van der Waals surface area contributed by atoms with Crippen molar-refractivity contribution in [3.05, 3.63) is 17.2 Å². The van der Waals surface area contributed by atoms with Crippen LogP contribution in [0, 0.1) is 0 Å². The lowest BCUT2D eigenvalue weighted by atomic mass is 10.4. The van der Waals surface area contributed by atoms with Gasteiger partial charge in [0.25, 0.3) is 0 Å². The van der Waals surface area contributed by atoms with Crippen LogP contribution >= 0.6 is 11.3 Å². The van der Waals surface area contributed by atoms with E-state index in [1.165, 1.54) is 26.4 Å². The van der Waals surface area contributed by atoms with Crippen LogP contribution in [0.5, 0.6) is 0 Å².